The third-order valence-corrected chi connectivity index (χ3v) is 3.10. The van der Waals surface area contributed by atoms with Crippen LogP contribution in [0.3, 0.4) is 0 Å². The molecular weight excluding hydrogens is 296 g/mol. The summed E-state index contributed by atoms with van der Waals surface area (Å²) >= 11 is 0. The Balaban J connectivity index is 1.77. The number of aryl methyl sites for hydroxylation is 1. The molecule has 2 aromatic heterocycles. The van der Waals surface area contributed by atoms with Crippen molar-refractivity contribution in [2.45, 2.75) is 13.8 Å². The molecule has 2 heterocycles. The molecule has 3 aromatic rings. The smallest absolute Gasteiger partial charge is 0.295 e. The highest BCUT2D eigenvalue weighted by atomic mass is 16.2. The molecule has 0 aliphatic rings. The van der Waals surface area contributed by atoms with Gasteiger partial charge in [0, 0.05) is 30.2 Å². The zero-order valence-electron chi connectivity index (χ0n) is 12.6. The van der Waals surface area contributed by atoms with Gasteiger partial charge in [-0.15, -0.1) is 5.10 Å². The lowest BCUT2D eigenvalue weighted by atomic mass is 10.2. The van der Waals surface area contributed by atoms with Gasteiger partial charge >= 0.3 is 0 Å². The minimum Gasteiger partial charge on any atom is -0.326 e. The summed E-state index contributed by atoms with van der Waals surface area (Å²) in [6.07, 6.45) is 1.61. The normalized spacial score (nSPS) is 10.5. The predicted octanol–water partition coefficient (Wildman–Crippen LogP) is 1.64. The Bertz CT molecular complexity index is 885. The maximum absolute atomic E-state index is 12.2. The first kappa shape index (κ1) is 14.6. The molecule has 0 atom stereocenters. The van der Waals surface area contributed by atoms with Crippen molar-refractivity contribution in [3.05, 3.63) is 48.0 Å². The topological polar surface area (TPSA) is 101 Å². The monoisotopic (exact) mass is 310 g/mol. The van der Waals surface area contributed by atoms with Gasteiger partial charge in [-0.3, -0.25) is 9.59 Å². The summed E-state index contributed by atoms with van der Waals surface area (Å²) in [5.74, 6) is -0.172. The molecule has 0 saturated carbocycles. The van der Waals surface area contributed by atoms with Crippen LogP contribution in [-0.4, -0.2) is 31.4 Å². The second-order valence-corrected chi connectivity index (χ2v) is 4.95. The van der Waals surface area contributed by atoms with E-state index < -0.39 is 5.91 Å². The van der Waals surface area contributed by atoms with Crippen LogP contribution in [-0.2, 0) is 4.79 Å². The lowest BCUT2D eigenvalue weighted by Gasteiger charge is -2.05. The maximum atomic E-state index is 12.2. The number of amides is 2. The second-order valence-electron chi connectivity index (χ2n) is 4.95. The van der Waals surface area contributed by atoms with Crippen LogP contribution < -0.4 is 10.6 Å². The van der Waals surface area contributed by atoms with Crippen LogP contribution in [0.2, 0.25) is 0 Å². The first-order valence-electron chi connectivity index (χ1n) is 6.90. The highest BCUT2D eigenvalue weighted by Crippen LogP contribution is 2.14. The summed E-state index contributed by atoms with van der Waals surface area (Å²) in [7, 11) is 0. The average Bonchev–Trinajstić information content (AvgIpc) is 2.94. The molecule has 0 aliphatic heterocycles. The average molecular weight is 310 g/mol. The first-order valence-corrected chi connectivity index (χ1v) is 6.90. The van der Waals surface area contributed by atoms with Crippen LogP contribution in [0.15, 0.2) is 36.5 Å². The number of rotatable bonds is 3. The molecule has 0 aliphatic carbocycles. The van der Waals surface area contributed by atoms with Crippen molar-refractivity contribution in [2.75, 3.05) is 10.6 Å². The number of hydrogen-bond acceptors (Lipinski definition) is 5. The third kappa shape index (κ3) is 3.15. The highest BCUT2D eigenvalue weighted by Gasteiger charge is 2.14. The predicted molar refractivity (Wildman–Crippen MR) is 84.2 cm³/mol. The van der Waals surface area contributed by atoms with Gasteiger partial charge in [-0.1, -0.05) is 0 Å². The van der Waals surface area contributed by atoms with Gasteiger partial charge < -0.3 is 10.6 Å². The molecule has 8 heteroatoms. The van der Waals surface area contributed by atoms with Crippen molar-refractivity contribution in [1.29, 1.82) is 0 Å². The fourth-order valence-electron chi connectivity index (χ4n) is 2.03. The van der Waals surface area contributed by atoms with Gasteiger partial charge in [0.1, 0.15) is 0 Å². The van der Waals surface area contributed by atoms with Crippen LogP contribution in [0.4, 0.5) is 11.4 Å². The van der Waals surface area contributed by atoms with Gasteiger partial charge in [0.2, 0.25) is 11.7 Å². The van der Waals surface area contributed by atoms with E-state index in [4.69, 9.17) is 0 Å². The van der Waals surface area contributed by atoms with E-state index in [9.17, 15) is 9.59 Å². The zero-order valence-corrected chi connectivity index (χ0v) is 12.6. The standard InChI is InChI=1S/C15H14N6O2/c1-9-7-8-16-15-19-13(20-21(9)15)14(23)18-12-5-3-11(4-6-12)17-10(2)22/h3-8H,1-2H3,(H,17,22)(H,18,23). The molecule has 3 rings (SSSR count). The molecule has 0 radical (unpaired) electrons. The number of nitrogens with zero attached hydrogens (tertiary/aromatic N) is 4. The molecule has 0 bridgehead atoms. The Labute approximate surface area is 131 Å². The number of anilines is 2. The van der Waals surface area contributed by atoms with Crippen LogP contribution in [0.1, 0.15) is 23.2 Å². The van der Waals surface area contributed by atoms with Gasteiger partial charge in [-0.05, 0) is 37.3 Å². The fraction of sp³-hybridized carbons (Fsp3) is 0.133. The minimum absolute atomic E-state index is 0.0396. The van der Waals surface area contributed by atoms with Crippen molar-refractivity contribution in [3.63, 3.8) is 0 Å². The van der Waals surface area contributed by atoms with Crippen LogP contribution in [0.5, 0.6) is 0 Å². The van der Waals surface area contributed by atoms with Gasteiger partial charge in [0.25, 0.3) is 11.7 Å². The van der Waals surface area contributed by atoms with E-state index in [1.54, 1.807) is 36.5 Å². The molecule has 23 heavy (non-hydrogen) atoms. The van der Waals surface area contributed by atoms with E-state index in [1.165, 1.54) is 11.4 Å². The molecule has 0 unspecified atom stereocenters. The molecule has 0 fully saturated rings. The number of carbonyl (C=O) groups is 2. The second kappa shape index (κ2) is 5.84. The Kier molecular flexibility index (Phi) is 3.71. The summed E-state index contributed by atoms with van der Waals surface area (Å²) in [5.41, 5.74) is 2.06. The van der Waals surface area contributed by atoms with E-state index in [0.29, 0.717) is 17.2 Å². The quantitative estimate of drug-likeness (QED) is 0.766. The molecule has 0 spiro atoms. The summed E-state index contributed by atoms with van der Waals surface area (Å²) in [6, 6.07) is 8.54. The number of benzene rings is 1. The number of fused-ring (bicyclic) bond motifs is 1. The lowest BCUT2D eigenvalue weighted by Crippen LogP contribution is -2.14. The van der Waals surface area contributed by atoms with Gasteiger partial charge in [-0.2, -0.15) is 4.98 Å². The number of carbonyl (C=O) groups excluding carboxylic acids is 2. The summed E-state index contributed by atoms with van der Waals surface area (Å²) in [6.45, 7) is 3.28. The molecule has 0 saturated heterocycles. The number of hydrogen-bond donors (Lipinski definition) is 2. The molecular formula is C15H14N6O2. The number of nitrogens with one attached hydrogen (secondary N) is 2. The van der Waals surface area contributed by atoms with Crippen LogP contribution in [0, 0.1) is 6.92 Å². The van der Waals surface area contributed by atoms with Crippen molar-refractivity contribution in [2.24, 2.45) is 0 Å². The Hall–Kier alpha value is -3.29. The molecule has 2 amide bonds. The Morgan fingerprint density at radius 1 is 1.04 bits per heavy atom. The van der Waals surface area contributed by atoms with Gasteiger partial charge in [0.05, 0.1) is 0 Å². The van der Waals surface area contributed by atoms with Crippen molar-refractivity contribution in [3.8, 4) is 0 Å². The third-order valence-electron chi connectivity index (χ3n) is 3.10. The molecule has 2 N–H and O–H groups in total. The molecule has 1 aromatic carbocycles. The van der Waals surface area contributed by atoms with Crippen LogP contribution >= 0.6 is 0 Å². The number of aromatic nitrogens is 4. The fourth-order valence-corrected chi connectivity index (χ4v) is 2.03. The van der Waals surface area contributed by atoms with Crippen LogP contribution in [0.25, 0.3) is 5.78 Å². The maximum Gasteiger partial charge on any atom is 0.295 e. The van der Waals surface area contributed by atoms with E-state index >= 15 is 0 Å². The van der Waals surface area contributed by atoms with E-state index in [2.05, 4.69) is 25.7 Å². The summed E-state index contributed by atoms with van der Waals surface area (Å²) in [4.78, 5) is 31.3. The first-order chi connectivity index (χ1) is 11.0. The van der Waals surface area contributed by atoms with Gasteiger partial charge in [-0.25, -0.2) is 9.50 Å². The Morgan fingerprint density at radius 2 is 1.70 bits per heavy atom. The minimum atomic E-state index is -0.429. The van der Waals surface area contributed by atoms with E-state index in [1.807, 2.05) is 6.92 Å². The Morgan fingerprint density at radius 3 is 2.30 bits per heavy atom. The van der Waals surface area contributed by atoms with Crippen molar-refractivity contribution in [1.82, 2.24) is 19.6 Å². The zero-order chi connectivity index (χ0) is 16.4. The summed E-state index contributed by atoms with van der Waals surface area (Å²) < 4.78 is 1.51. The largest absolute Gasteiger partial charge is 0.326 e. The lowest BCUT2D eigenvalue weighted by molar-refractivity contribution is -0.114. The summed E-state index contributed by atoms with van der Waals surface area (Å²) in [5, 5.41) is 9.49. The molecule has 8 nitrogen and oxygen atoms in total. The van der Waals surface area contributed by atoms with Gasteiger partial charge in [0.15, 0.2) is 0 Å². The van der Waals surface area contributed by atoms with Crippen molar-refractivity contribution >= 4 is 29.0 Å². The van der Waals surface area contributed by atoms with E-state index in [-0.39, 0.29) is 11.7 Å². The van der Waals surface area contributed by atoms with Crippen molar-refractivity contribution < 1.29 is 9.59 Å². The highest BCUT2D eigenvalue weighted by molar-refractivity contribution is 6.02. The van der Waals surface area contributed by atoms with E-state index in [0.717, 1.165) is 5.69 Å². The SMILES string of the molecule is CC(=O)Nc1ccc(NC(=O)c2nc3nccc(C)n3n2)cc1. The molecule has 116 valence electrons.